The highest BCUT2D eigenvalue weighted by Gasteiger charge is 2.27. The lowest BCUT2D eigenvalue weighted by Crippen LogP contribution is -2.33. The molecule has 1 aromatic heterocycles. The molecule has 3 rings (SSSR count). The summed E-state index contributed by atoms with van der Waals surface area (Å²) in [6.07, 6.45) is 3.21. The number of carbonyl (C=O) groups excluding carboxylic acids is 1. The fourth-order valence-corrected chi connectivity index (χ4v) is 3.99. The maximum absolute atomic E-state index is 12.9. The number of hydrogen-bond acceptors (Lipinski definition) is 4. The molecular formula is C22H30N4O2. The lowest BCUT2D eigenvalue weighted by atomic mass is 9.76. The van der Waals surface area contributed by atoms with Gasteiger partial charge in [0.05, 0.1) is 11.4 Å². The standard InChI is InChI=1S/C22H30N4O2/c1-13(2)16-11-10-15(5)12-19(16)23-24-21(27)20-17-8-6-7-9-18(17)22(28)26(25-20)14(3)4/h6-9,13-16H,10-12H2,1-5H3,(H,24,27)/b23-19-/t15-,16+/m0/s1. The zero-order valence-corrected chi connectivity index (χ0v) is 17.4. The van der Waals surface area contributed by atoms with Crippen molar-refractivity contribution in [2.75, 3.05) is 0 Å². The molecule has 1 heterocycles. The third-order valence-corrected chi connectivity index (χ3v) is 5.59. The summed E-state index contributed by atoms with van der Waals surface area (Å²) in [5.74, 6) is 1.09. The number of amides is 1. The van der Waals surface area contributed by atoms with Crippen molar-refractivity contribution < 1.29 is 4.79 Å². The molecule has 1 amide bonds. The van der Waals surface area contributed by atoms with E-state index in [-0.39, 0.29) is 23.2 Å². The normalized spacial score (nSPS) is 21.6. The lowest BCUT2D eigenvalue weighted by Gasteiger charge is -2.30. The van der Waals surface area contributed by atoms with Crippen molar-refractivity contribution in [3.05, 3.63) is 40.3 Å². The van der Waals surface area contributed by atoms with E-state index in [9.17, 15) is 9.59 Å². The van der Waals surface area contributed by atoms with E-state index in [4.69, 9.17) is 0 Å². The number of aromatic nitrogens is 2. The van der Waals surface area contributed by atoms with E-state index in [1.807, 2.05) is 19.9 Å². The highest BCUT2D eigenvalue weighted by Crippen LogP contribution is 2.31. The Morgan fingerprint density at radius 1 is 1.18 bits per heavy atom. The third-order valence-electron chi connectivity index (χ3n) is 5.59. The smallest absolute Gasteiger partial charge is 0.267 e. The number of carbonyl (C=O) groups is 1. The van der Waals surface area contributed by atoms with Gasteiger partial charge in [-0.05, 0) is 51.0 Å². The summed E-state index contributed by atoms with van der Waals surface area (Å²) in [5, 5.41) is 9.91. The van der Waals surface area contributed by atoms with Gasteiger partial charge in [0.2, 0.25) is 0 Å². The van der Waals surface area contributed by atoms with Gasteiger partial charge in [0.15, 0.2) is 5.69 Å². The molecule has 6 nitrogen and oxygen atoms in total. The molecule has 0 saturated heterocycles. The molecule has 0 spiro atoms. The molecule has 2 aromatic rings. The van der Waals surface area contributed by atoms with Crippen LogP contribution in [0.3, 0.4) is 0 Å². The summed E-state index contributed by atoms with van der Waals surface area (Å²) >= 11 is 0. The zero-order valence-electron chi connectivity index (χ0n) is 17.4. The van der Waals surface area contributed by atoms with Crippen molar-refractivity contribution in [1.29, 1.82) is 0 Å². The van der Waals surface area contributed by atoms with E-state index < -0.39 is 0 Å². The average molecular weight is 383 g/mol. The summed E-state index contributed by atoms with van der Waals surface area (Å²) in [7, 11) is 0. The molecular weight excluding hydrogens is 352 g/mol. The van der Waals surface area contributed by atoms with Gasteiger partial charge in [0, 0.05) is 17.0 Å². The largest absolute Gasteiger partial charge is 0.292 e. The third kappa shape index (κ3) is 4.01. The minimum absolute atomic E-state index is 0.139. The molecule has 0 aliphatic heterocycles. The topological polar surface area (TPSA) is 76.3 Å². The molecule has 1 saturated carbocycles. The van der Waals surface area contributed by atoms with Crippen LogP contribution in [0.15, 0.2) is 34.2 Å². The second-order valence-electron chi connectivity index (χ2n) is 8.52. The number of nitrogens with zero attached hydrogens (tertiary/aromatic N) is 3. The molecule has 6 heteroatoms. The first-order valence-corrected chi connectivity index (χ1v) is 10.2. The van der Waals surface area contributed by atoms with Crippen LogP contribution in [0.25, 0.3) is 10.8 Å². The predicted molar refractivity (Wildman–Crippen MR) is 113 cm³/mol. The number of nitrogens with one attached hydrogen (secondary N) is 1. The maximum Gasteiger partial charge on any atom is 0.292 e. The average Bonchev–Trinajstić information content (AvgIpc) is 2.66. The lowest BCUT2D eigenvalue weighted by molar-refractivity contribution is 0.0948. The summed E-state index contributed by atoms with van der Waals surface area (Å²) in [5.41, 5.74) is 3.83. The molecule has 0 radical (unpaired) electrons. The number of hydrazone groups is 1. The Morgan fingerprint density at radius 2 is 1.86 bits per heavy atom. The Hall–Kier alpha value is -2.50. The monoisotopic (exact) mass is 382 g/mol. The Labute approximate surface area is 166 Å². The second-order valence-corrected chi connectivity index (χ2v) is 8.52. The zero-order chi connectivity index (χ0) is 20.4. The quantitative estimate of drug-likeness (QED) is 0.807. The first-order chi connectivity index (χ1) is 13.3. The van der Waals surface area contributed by atoms with Crippen LogP contribution >= 0.6 is 0 Å². The number of fused-ring (bicyclic) bond motifs is 1. The van der Waals surface area contributed by atoms with E-state index in [0.717, 1.165) is 18.6 Å². The molecule has 150 valence electrons. The molecule has 2 atom stereocenters. The first kappa shape index (κ1) is 20.2. The van der Waals surface area contributed by atoms with Crippen LogP contribution < -0.4 is 11.0 Å². The van der Waals surface area contributed by atoms with Crippen molar-refractivity contribution in [3.8, 4) is 0 Å². The van der Waals surface area contributed by atoms with Crippen LogP contribution in [0.1, 0.15) is 70.4 Å². The van der Waals surface area contributed by atoms with Crippen LogP contribution in [-0.4, -0.2) is 21.4 Å². The van der Waals surface area contributed by atoms with Gasteiger partial charge in [0.1, 0.15) is 0 Å². The second kappa shape index (κ2) is 8.25. The fraction of sp³-hybridized carbons (Fsp3) is 0.545. The van der Waals surface area contributed by atoms with Gasteiger partial charge >= 0.3 is 0 Å². The molecule has 1 fully saturated rings. The van der Waals surface area contributed by atoms with Crippen molar-refractivity contribution in [2.45, 2.75) is 59.9 Å². The maximum atomic E-state index is 12.9. The van der Waals surface area contributed by atoms with Crippen LogP contribution in [0.2, 0.25) is 0 Å². The van der Waals surface area contributed by atoms with Gasteiger partial charge in [0.25, 0.3) is 11.5 Å². The van der Waals surface area contributed by atoms with Crippen molar-refractivity contribution in [3.63, 3.8) is 0 Å². The summed E-state index contributed by atoms with van der Waals surface area (Å²) in [6, 6.07) is 6.96. The Morgan fingerprint density at radius 3 is 2.50 bits per heavy atom. The minimum atomic E-state index is -0.376. The van der Waals surface area contributed by atoms with Gasteiger partial charge < -0.3 is 0 Å². The molecule has 1 aliphatic rings. The Bertz CT molecular complexity index is 959. The Balaban J connectivity index is 1.97. The van der Waals surface area contributed by atoms with Crippen LogP contribution in [0.5, 0.6) is 0 Å². The van der Waals surface area contributed by atoms with Gasteiger partial charge in [-0.25, -0.2) is 10.1 Å². The van der Waals surface area contributed by atoms with Gasteiger partial charge in [-0.2, -0.15) is 10.2 Å². The highest BCUT2D eigenvalue weighted by atomic mass is 16.2. The number of benzene rings is 1. The van der Waals surface area contributed by atoms with E-state index >= 15 is 0 Å². The minimum Gasteiger partial charge on any atom is -0.267 e. The summed E-state index contributed by atoms with van der Waals surface area (Å²) < 4.78 is 1.37. The molecule has 0 bridgehead atoms. The first-order valence-electron chi connectivity index (χ1n) is 10.2. The SMILES string of the molecule is CC(C)[C@H]1CC[C@H](C)C/C1=N/NC(=O)c1nn(C(C)C)c(=O)c2ccccc12. The van der Waals surface area contributed by atoms with Crippen LogP contribution in [0.4, 0.5) is 0 Å². The predicted octanol–water partition coefficient (Wildman–Crippen LogP) is 4.16. The van der Waals surface area contributed by atoms with Crippen molar-refractivity contribution in [2.24, 2.45) is 22.9 Å². The summed E-state index contributed by atoms with van der Waals surface area (Å²) in [6.45, 7) is 10.4. The summed E-state index contributed by atoms with van der Waals surface area (Å²) in [4.78, 5) is 25.6. The molecule has 1 aromatic carbocycles. The molecule has 1 aliphatic carbocycles. The van der Waals surface area contributed by atoms with Crippen molar-refractivity contribution in [1.82, 2.24) is 15.2 Å². The number of hydrogen-bond donors (Lipinski definition) is 1. The van der Waals surface area contributed by atoms with Crippen LogP contribution in [0, 0.1) is 17.8 Å². The van der Waals surface area contributed by atoms with Gasteiger partial charge in [-0.15, -0.1) is 0 Å². The Kier molecular flexibility index (Phi) is 5.96. The van der Waals surface area contributed by atoms with Crippen molar-refractivity contribution >= 4 is 22.4 Å². The van der Waals surface area contributed by atoms with E-state index in [1.54, 1.807) is 18.2 Å². The van der Waals surface area contributed by atoms with Crippen LogP contribution in [-0.2, 0) is 0 Å². The molecule has 28 heavy (non-hydrogen) atoms. The molecule has 1 N–H and O–H groups in total. The van der Waals surface area contributed by atoms with Gasteiger partial charge in [-0.3, -0.25) is 9.59 Å². The highest BCUT2D eigenvalue weighted by molar-refractivity contribution is 6.05. The van der Waals surface area contributed by atoms with E-state index in [1.165, 1.54) is 11.1 Å². The van der Waals surface area contributed by atoms with E-state index in [2.05, 4.69) is 36.4 Å². The molecule has 0 unspecified atom stereocenters. The van der Waals surface area contributed by atoms with Gasteiger partial charge in [-0.1, -0.05) is 39.0 Å². The number of rotatable bonds is 4. The fourth-order valence-electron chi connectivity index (χ4n) is 3.99. The van der Waals surface area contributed by atoms with E-state index in [0.29, 0.717) is 28.5 Å².